The largest absolute Gasteiger partial charge is 0.462 e. The predicted molar refractivity (Wildman–Crippen MR) is 70.5 cm³/mol. The van der Waals surface area contributed by atoms with Crippen molar-refractivity contribution in [2.75, 3.05) is 6.61 Å². The second kappa shape index (κ2) is 4.73. The van der Waals surface area contributed by atoms with Crippen molar-refractivity contribution < 1.29 is 9.53 Å². The summed E-state index contributed by atoms with van der Waals surface area (Å²) in [5.41, 5.74) is 0. The molecule has 5 heteroatoms. The van der Waals surface area contributed by atoms with Crippen LogP contribution in [0.3, 0.4) is 0 Å². The van der Waals surface area contributed by atoms with Crippen LogP contribution in [-0.2, 0) is 4.74 Å². The molecule has 0 bridgehead atoms. The molecule has 0 atom stereocenters. The van der Waals surface area contributed by atoms with E-state index in [1.54, 1.807) is 6.92 Å². The summed E-state index contributed by atoms with van der Waals surface area (Å²) in [6, 6.07) is 5.47. The molecule has 0 aliphatic rings. The number of ether oxygens (including phenoxy) is 1. The summed E-state index contributed by atoms with van der Waals surface area (Å²) in [6.45, 7) is 2.17. The number of rotatable bonds is 2. The highest BCUT2D eigenvalue weighted by Crippen LogP contribution is 2.34. The molecule has 0 amide bonds. The zero-order valence-corrected chi connectivity index (χ0v) is 11.6. The van der Waals surface area contributed by atoms with Crippen LogP contribution < -0.4 is 0 Å². The van der Waals surface area contributed by atoms with E-state index in [-0.39, 0.29) is 5.97 Å². The zero-order chi connectivity index (χ0) is 11.7. The van der Waals surface area contributed by atoms with Gasteiger partial charge in [0.2, 0.25) is 0 Å². The lowest BCUT2D eigenvalue weighted by molar-refractivity contribution is 0.0532. The molecule has 0 N–H and O–H groups in total. The number of hydrogen-bond acceptors (Lipinski definition) is 3. The van der Waals surface area contributed by atoms with Gasteiger partial charge in [0.05, 0.1) is 6.61 Å². The molecule has 2 aromatic rings. The normalized spacial score (nSPS) is 10.7. The Morgan fingerprint density at radius 1 is 1.50 bits per heavy atom. The molecule has 0 aliphatic carbocycles. The molecule has 0 aliphatic heterocycles. The Morgan fingerprint density at radius 2 is 2.25 bits per heavy atom. The van der Waals surface area contributed by atoms with Crippen LogP contribution >= 0.6 is 38.9 Å². The van der Waals surface area contributed by atoms with Crippen LogP contribution in [0.4, 0.5) is 0 Å². The molecule has 16 heavy (non-hydrogen) atoms. The second-order valence-corrected chi connectivity index (χ2v) is 5.51. The average molecular weight is 320 g/mol. The van der Waals surface area contributed by atoms with Gasteiger partial charge in [-0.1, -0.05) is 27.5 Å². The number of hydrogen-bond donors (Lipinski definition) is 0. The van der Waals surface area contributed by atoms with Crippen LogP contribution in [0.2, 0.25) is 5.02 Å². The standard InChI is InChI=1S/C11H8BrClO2S/c1-2-15-11(14)10-5-7-8(12)3-6(13)4-9(7)16-10/h3-5H,2H2,1H3. The summed E-state index contributed by atoms with van der Waals surface area (Å²) >= 11 is 10.7. The summed E-state index contributed by atoms with van der Waals surface area (Å²) < 4.78 is 6.82. The Balaban J connectivity index is 2.51. The smallest absolute Gasteiger partial charge is 0.348 e. The molecule has 1 aromatic carbocycles. The third-order valence-electron chi connectivity index (χ3n) is 2.03. The highest BCUT2D eigenvalue weighted by atomic mass is 79.9. The van der Waals surface area contributed by atoms with Gasteiger partial charge in [0.15, 0.2) is 0 Å². The van der Waals surface area contributed by atoms with Crippen LogP contribution in [0.1, 0.15) is 16.6 Å². The average Bonchev–Trinajstić information content (AvgIpc) is 2.62. The van der Waals surface area contributed by atoms with Crippen molar-refractivity contribution in [3.63, 3.8) is 0 Å². The zero-order valence-electron chi connectivity index (χ0n) is 8.42. The Morgan fingerprint density at radius 3 is 2.94 bits per heavy atom. The molecule has 0 radical (unpaired) electrons. The van der Waals surface area contributed by atoms with Crippen molar-refractivity contribution >= 4 is 54.9 Å². The number of halogens is 2. The minimum Gasteiger partial charge on any atom is -0.462 e. The van der Waals surface area contributed by atoms with Crippen molar-refractivity contribution in [2.45, 2.75) is 6.92 Å². The monoisotopic (exact) mass is 318 g/mol. The number of carbonyl (C=O) groups is 1. The lowest BCUT2D eigenvalue weighted by atomic mass is 10.2. The molecular weight excluding hydrogens is 312 g/mol. The van der Waals surface area contributed by atoms with Gasteiger partial charge in [0.25, 0.3) is 0 Å². The molecule has 2 nitrogen and oxygen atoms in total. The Bertz CT molecular complexity index is 550. The van der Waals surface area contributed by atoms with Gasteiger partial charge >= 0.3 is 5.97 Å². The summed E-state index contributed by atoms with van der Waals surface area (Å²) in [7, 11) is 0. The molecule has 2 rings (SSSR count). The summed E-state index contributed by atoms with van der Waals surface area (Å²) in [6.07, 6.45) is 0. The maximum atomic E-state index is 11.6. The number of benzene rings is 1. The predicted octanol–water partition coefficient (Wildman–Crippen LogP) is 4.49. The summed E-state index contributed by atoms with van der Waals surface area (Å²) in [5.74, 6) is -0.285. The third kappa shape index (κ3) is 2.24. The molecule has 1 heterocycles. The minimum absolute atomic E-state index is 0.285. The fourth-order valence-electron chi connectivity index (χ4n) is 1.37. The fraction of sp³-hybridized carbons (Fsp3) is 0.182. The van der Waals surface area contributed by atoms with Crippen molar-refractivity contribution in [3.8, 4) is 0 Å². The van der Waals surface area contributed by atoms with E-state index in [9.17, 15) is 4.79 Å². The fourth-order valence-corrected chi connectivity index (χ4v) is 3.51. The summed E-state index contributed by atoms with van der Waals surface area (Å²) in [4.78, 5) is 12.1. The number of esters is 1. The van der Waals surface area contributed by atoms with Gasteiger partial charge in [0.1, 0.15) is 4.88 Å². The first-order valence-electron chi connectivity index (χ1n) is 4.67. The summed E-state index contributed by atoms with van der Waals surface area (Å²) in [5, 5.41) is 1.63. The van der Waals surface area contributed by atoms with Crippen LogP contribution in [0, 0.1) is 0 Å². The first kappa shape index (κ1) is 11.9. The van der Waals surface area contributed by atoms with E-state index in [0.29, 0.717) is 16.5 Å². The topological polar surface area (TPSA) is 26.3 Å². The van der Waals surface area contributed by atoms with E-state index < -0.39 is 0 Å². The molecule has 0 saturated heterocycles. The van der Waals surface area contributed by atoms with E-state index in [0.717, 1.165) is 14.6 Å². The van der Waals surface area contributed by atoms with Crippen LogP contribution in [0.5, 0.6) is 0 Å². The van der Waals surface area contributed by atoms with Gasteiger partial charge in [-0.2, -0.15) is 0 Å². The Kier molecular flexibility index (Phi) is 3.52. The van der Waals surface area contributed by atoms with Crippen LogP contribution in [-0.4, -0.2) is 12.6 Å². The highest BCUT2D eigenvalue weighted by molar-refractivity contribution is 9.10. The first-order chi connectivity index (χ1) is 7.61. The van der Waals surface area contributed by atoms with E-state index in [2.05, 4.69) is 15.9 Å². The van der Waals surface area contributed by atoms with E-state index in [1.165, 1.54) is 11.3 Å². The third-order valence-corrected chi connectivity index (χ3v) is 3.96. The number of thiophene rings is 1. The van der Waals surface area contributed by atoms with Crippen molar-refractivity contribution in [3.05, 3.63) is 32.6 Å². The first-order valence-corrected chi connectivity index (χ1v) is 6.66. The van der Waals surface area contributed by atoms with Gasteiger partial charge in [-0.05, 0) is 25.1 Å². The Hall–Kier alpha value is -0.580. The molecule has 1 aromatic heterocycles. The highest BCUT2D eigenvalue weighted by Gasteiger charge is 2.13. The molecule has 84 valence electrons. The van der Waals surface area contributed by atoms with Gasteiger partial charge in [0, 0.05) is 19.6 Å². The van der Waals surface area contributed by atoms with E-state index >= 15 is 0 Å². The van der Waals surface area contributed by atoms with Gasteiger partial charge in [-0.25, -0.2) is 4.79 Å². The van der Waals surface area contributed by atoms with E-state index in [1.807, 2.05) is 18.2 Å². The maximum absolute atomic E-state index is 11.6. The maximum Gasteiger partial charge on any atom is 0.348 e. The van der Waals surface area contributed by atoms with E-state index in [4.69, 9.17) is 16.3 Å². The van der Waals surface area contributed by atoms with Crippen molar-refractivity contribution in [1.29, 1.82) is 0 Å². The van der Waals surface area contributed by atoms with Crippen LogP contribution in [0.25, 0.3) is 10.1 Å². The SMILES string of the molecule is CCOC(=O)c1cc2c(Br)cc(Cl)cc2s1. The van der Waals surface area contributed by atoms with Crippen molar-refractivity contribution in [1.82, 2.24) is 0 Å². The Labute approximate surface area is 110 Å². The molecular formula is C11H8BrClO2S. The van der Waals surface area contributed by atoms with Crippen molar-refractivity contribution in [2.24, 2.45) is 0 Å². The lowest BCUT2D eigenvalue weighted by Gasteiger charge is -1.95. The van der Waals surface area contributed by atoms with Gasteiger partial charge in [-0.15, -0.1) is 11.3 Å². The van der Waals surface area contributed by atoms with Gasteiger partial charge in [-0.3, -0.25) is 0 Å². The van der Waals surface area contributed by atoms with Crippen LogP contribution in [0.15, 0.2) is 22.7 Å². The van der Waals surface area contributed by atoms with Gasteiger partial charge < -0.3 is 4.74 Å². The number of fused-ring (bicyclic) bond motifs is 1. The molecule has 0 saturated carbocycles. The quantitative estimate of drug-likeness (QED) is 0.762. The lowest BCUT2D eigenvalue weighted by Crippen LogP contribution is -2.01. The second-order valence-electron chi connectivity index (χ2n) is 3.13. The minimum atomic E-state index is -0.285. The molecule has 0 spiro atoms. The molecule has 0 fully saturated rings. The number of carbonyl (C=O) groups excluding carboxylic acids is 1. The molecule has 0 unspecified atom stereocenters.